The summed E-state index contributed by atoms with van der Waals surface area (Å²) in [6.45, 7) is 5.35. The van der Waals surface area contributed by atoms with Gasteiger partial charge >= 0.3 is 0 Å². The topological polar surface area (TPSA) is 30.5 Å². The fraction of sp³-hybridized carbons (Fsp3) is 0.600. The monoisotopic (exact) mass is 267 g/mol. The van der Waals surface area contributed by atoms with E-state index in [0.717, 1.165) is 32.6 Å². The maximum absolute atomic E-state index is 13.8. The van der Waals surface area contributed by atoms with Crippen molar-refractivity contribution in [2.75, 3.05) is 26.9 Å². The van der Waals surface area contributed by atoms with Gasteiger partial charge in [0.2, 0.25) is 0 Å². The van der Waals surface area contributed by atoms with Crippen molar-refractivity contribution in [2.45, 2.75) is 26.3 Å². The summed E-state index contributed by atoms with van der Waals surface area (Å²) in [5, 5.41) is 3.35. The number of methoxy groups -OCH3 is 1. The molecule has 0 aliphatic carbocycles. The van der Waals surface area contributed by atoms with Gasteiger partial charge in [0.25, 0.3) is 0 Å². The predicted octanol–water partition coefficient (Wildman–Crippen LogP) is 2.74. The lowest BCUT2D eigenvalue weighted by atomic mass is 9.82. The summed E-state index contributed by atoms with van der Waals surface area (Å²) in [6, 6.07) is 4.98. The van der Waals surface area contributed by atoms with Crippen molar-refractivity contribution >= 4 is 0 Å². The maximum atomic E-state index is 13.8. The van der Waals surface area contributed by atoms with Crippen LogP contribution in [0.2, 0.25) is 0 Å². The molecule has 1 saturated heterocycles. The Morgan fingerprint density at radius 1 is 1.37 bits per heavy atom. The summed E-state index contributed by atoms with van der Waals surface area (Å²) in [5.74, 6) is 0.335. The number of benzene rings is 1. The first-order valence-electron chi connectivity index (χ1n) is 6.74. The number of hydrogen-bond donors (Lipinski definition) is 1. The van der Waals surface area contributed by atoms with Crippen molar-refractivity contribution < 1.29 is 13.9 Å². The first-order chi connectivity index (χ1) is 9.13. The van der Waals surface area contributed by atoms with Crippen molar-refractivity contribution in [3.63, 3.8) is 0 Å². The van der Waals surface area contributed by atoms with Gasteiger partial charge in [0.05, 0.1) is 7.11 Å². The molecule has 1 fully saturated rings. The smallest absolute Gasteiger partial charge is 0.131 e. The summed E-state index contributed by atoms with van der Waals surface area (Å²) in [7, 11) is 1.54. The Morgan fingerprint density at radius 2 is 2.11 bits per heavy atom. The Balaban J connectivity index is 1.85. The zero-order valence-electron chi connectivity index (χ0n) is 11.7. The van der Waals surface area contributed by atoms with Gasteiger partial charge in [-0.3, -0.25) is 0 Å². The molecule has 1 heterocycles. The Bertz CT molecular complexity index is 417. The van der Waals surface area contributed by atoms with Crippen molar-refractivity contribution in [3.8, 4) is 5.75 Å². The predicted molar refractivity (Wildman–Crippen MR) is 72.8 cm³/mol. The van der Waals surface area contributed by atoms with Crippen molar-refractivity contribution in [3.05, 3.63) is 29.6 Å². The van der Waals surface area contributed by atoms with Crippen molar-refractivity contribution in [1.29, 1.82) is 0 Å². The largest absolute Gasteiger partial charge is 0.497 e. The van der Waals surface area contributed by atoms with Gasteiger partial charge in [-0.25, -0.2) is 4.39 Å². The van der Waals surface area contributed by atoms with Crippen LogP contribution in [-0.2, 0) is 11.3 Å². The second kappa shape index (κ2) is 6.35. The average Bonchev–Trinajstić information content (AvgIpc) is 2.41. The molecule has 0 radical (unpaired) electrons. The second-order valence-corrected chi connectivity index (χ2v) is 5.48. The van der Waals surface area contributed by atoms with Crippen molar-refractivity contribution in [1.82, 2.24) is 5.32 Å². The highest BCUT2D eigenvalue weighted by Gasteiger charge is 2.26. The molecule has 1 N–H and O–H groups in total. The molecule has 19 heavy (non-hydrogen) atoms. The lowest BCUT2D eigenvalue weighted by Gasteiger charge is -2.33. The molecule has 0 saturated carbocycles. The number of rotatable bonds is 5. The average molecular weight is 267 g/mol. The van der Waals surface area contributed by atoms with E-state index in [1.54, 1.807) is 19.2 Å². The van der Waals surface area contributed by atoms with E-state index in [1.807, 2.05) is 0 Å². The first kappa shape index (κ1) is 14.3. The van der Waals surface area contributed by atoms with Crippen LogP contribution >= 0.6 is 0 Å². The highest BCUT2D eigenvalue weighted by Crippen LogP contribution is 2.28. The molecule has 1 aliphatic rings. The molecule has 0 spiro atoms. The van der Waals surface area contributed by atoms with Gasteiger partial charge in [0, 0.05) is 37.9 Å². The molecular formula is C15H22FNO2. The molecule has 2 rings (SSSR count). The van der Waals surface area contributed by atoms with Crippen molar-refractivity contribution in [2.24, 2.45) is 5.41 Å². The maximum Gasteiger partial charge on any atom is 0.131 e. The van der Waals surface area contributed by atoms with E-state index in [0.29, 0.717) is 17.9 Å². The summed E-state index contributed by atoms with van der Waals surface area (Å²) in [5.41, 5.74) is 0.942. The molecule has 1 aromatic carbocycles. The zero-order valence-corrected chi connectivity index (χ0v) is 11.7. The SMILES string of the molecule is COc1ccc(CNCC2(C)CCOCC2)c(F)c1. The summed E-state index contributed by atoms with van der Waals surface area (Å²) in [6.07, 6.45) is 2.12. The van der Waals surface area contributed by atoms with E-state index >= 15 is 0 Å². The van der Waals surface area contributed by atoms with Crippen LogP contribution in [0.25, 0.3) is 0 Å². The molecule has 3 nitrogen and oxygen atoms in total. The third kappa shape index (κ3) is 3.91. The molecule has 0 atom stereocenters. The number of halogens is 1. The summed E-state index contributed by atoms with van der Waals surface area (Å²) in [4.78, 5) is 0. The fourth-order valence-electron chi connectivity index (χ4n) is 2.34. The number of ether oxygens (including phenoxy) is 2. The van der Waals surface area contributed by atoms with Gasteiger partial charge in [0.15, 0.2) is 0 Å². The van der Waals surface area contributed by atoms with Gasteiger partial charge in [-0.2, -0.15) is 0 Å². The normalized spacial score (nSPS) is 18.3. The van der Waals surface area contributed by atoms with Gasteiger partial charge in [0.1, 0.15) is 11.6 Å². The molecule has 0 amide bonds. The van der Waals surface area contributed by atoms with Crippen LogP contribution < -0.4 is 10.1 Å². The van der Waals surface area contributed by atoms with Gasteiger partial charge in [-0.05, 0) is 24.3 Å². The lowest BCUT2D eigenvalue weighted by Crippen LogP contribution is -2.36. The van der Waals surface area contributed by atoms with E-state index < -0.39 is 0 Å². The number of nitrogens with one attached hydrogen (secondary N) is 1. The zero-order chi connectivity index (χ0) is 13.7. The molecule has 0 aromatic heterocycles. The standard InChI is InChI=1S/C15H22FNO2/c1-15(5-7-19-8-6-15)11-17-10-12-3-4-13(18-2)9-14(12)16/h3-4,9,17H,5-8,10-11H2,1-2H3. The lowest BCUT2D eigenvalue weighted by molar-refractivity contribution is 0.0240. The van der Waals surface area contributed by atoms with E-state index in [1.165, 1.54) is 6.07 Å². The van der Waals surface area contributed by atoms with Crippen LogP contribution in [-0.4, -0.2) is 26.9 Å². The molecule has 1 aromatic rings. The Labute approximate surface area is 114 Å². The number of hydrogen-bond acceptors (Lipinski definition) is 3. The second-order valence-electron chi connectivity index (χ2n) is 5.48. The van der Waals surface area contributed by atoms with Gasteiger partial charge in [-0.15, -0.1) is 0 Å². The summed E-state index contributed by atoms with van der Waals surface area (Å²) >= 11 is 0. The third-order valence-corrected chi connectivity index (χ3v) is 3.83. The Kier molecular flexibility index (Phi) is 4.77. The highest BCUT2D eigenvalue weighted by atomic mass is 19.1. The van der Waals surface area contributed by atoms with E-state index in [2.05, 4.69) is 12.2 Å². The van der Waals surface area contributed by atoms with Crippen LogP contribution in [0, 0.1) is 11.2 Å². The van der Waals surface area contributed by atoms with E-state index in [4.69, 9.17) is 9.47 Å². The molecule has 0 unspecified atom stereocenters. The Morgan fingerprint density at radius 3 is 2.74 bits per heavy atom. The Hall–Kier alpha value is -1.13. The van der Waals surface area contributed by atoms with Gasteiger partial charge < -0.3 is 14.8 Å². The highest BCUT2D eigenvalue weighted by molar-refractivity contribution is 5.28. The van der Waals surface area contributed by atoms with Gasteiger partial charge in [-0.1, -0.05) is 13.0 Å². The van der Waals surface area contributed by atoms with Crippen LogP contribution in [0.3, 0.4) is 0 Å². The van der Waals surface area contributed by atoms with Crippen LogP contribution in [0.5, 0.6) is 5.75 Å². The van der Waals surface area contributed by atoms with Crippen LogP contribution in [0.4, 0.5) is 4.39 Å². The molecule has 0 bridgehead atoms. The van der Waals surface area contributed by atoms with Crippen LogP contribution in [0.1, 0.15) is 25.3 Å². The summed E-state index contributed by atoms with van der Waals surface area (Å²) < 4.78 is 24.1. The fourth-order valence-corrected chi connectivity index (χ4v) is 2.34. The quantitative estimate of drug-likeness (QED) is 0.890. The molecule has 1 aliphatic heterocycles. The molecular weight excluding hydrogens is 245 g/mol. The minimum absolute atomic E-state index is 0.219. The van der Waals surface area contributed by atoms with E-state index in [-0.39, 0.29) is 11.2 Å². The first-order valence-corrected chi connectivity index (χ1v) is 6.74. The minimum atomic E-state index is -0.219. The van der Waals surface area contributed by atoms with Crippen LogP contribution in [0.15, 0.2) is 18.2 Å². The third-order valence-electron chi connectivity index (χ3n) is 3.83. The minimum Gasteiger partial charge on any atom is -0.497 e. The molecule has 4 heteroatoms. The molecule has 106 valence electrons. The van der Waals surface area contributed by atoms with E-state index in [9.17, 15) is 4.39 Å².